The molecule has 0 atom stereocenters. The fourth-order valence-corrected chi connectivity index (χ4v) is 5.41. The molecule has 4 aromatic carbocycles. The first-order chi connectivity index (χ1) is 18.7. The van der Waals surface area contributed by atoms with Crippen molar-refractivity contribution in [3.8, 4) is 11.1 Å². The van der Waals surface area contributed by atoms with Gasteiger partial charge in [-0.3, -0.25) is 9.59 Å². The number of aromatic nitrogens is 1. The highest BCUT2D eigenvalue weighted by molar-refractivity contribution is 6.09. The molecule has 2 N–H and O–H groups in total. The highest BCUT2D eigenvalue weighted by Crippen LogP contribution is 2.34. The maximum absolute atomic E-state index is 13.5. The van der Waals surface area contributed by atoms with Crippen LogP contribution in [0.3, 0.4) is 0 Å². The highest BCUT2D eigenvalue weighted by Gasteiger charge is 2.27. The second-order valence-electron chi connectivity index (χ2n) is 9.80. The summed E-state index contributed by atoms with van der Waals surface area (Å²) in [6.45, 7) is 1.37. The predicted molar refractivity (Wildman–Crippen MR) is 152 cm³/mol. The maximum atomic E-state index is 13.5. The first-order valence-corrected chi connectivity index (χ1v) is 13.1. The minimum absolute atomic E-state index is 0.0438. The first-order valence-electron chi connectivity index (χ1n) is 13.1. The number of amides is 2. The molecule has 0 aliphatic carbocycles. The Hall–Kier alpha value is -4.64. The molecule has 1 aliphatic heterocycles. The summed E-state index contributed by atoms with van der Waals surface area (Å²) in [6, 6.07) is 33.2. The summed E-state index contributed by atoms with van der Waals surface area (Å²) in [7, 11) is 0. The molecule has 1 aromatic heterocycles. The second kappa shape index (κ2) is 10.4. The Balaban J connectivity index is 1.13. The van der Waals surface area contributed by atoms with Crippen molar-refractivity contribution in [1.29, 1.82) is 0 Å². The van der Waals surface area contributed by atoms with Crippen molar-refractivity contribution in [2.45, 2.75) is 18.8 Å². The van der Waals surface area contributed by atoms with E-state index in [1.54, 1.807) is 12.1 Å². The molecule has 5 aromatic rings. The summed E-state index contributed by atoms with van der Waals surface area (Å²) in [5.41, 5.74) is 6.24. The zero-order valence-corrected chi connectivity index (χ0v) is 21.1. The zero-order valence-electron chi connectivity index (χ0n) is 21.1. The molecule has 0 spiro atoms. The largest absolute Gasteiger partial charge is 0.361 e. The van der Waals surface area contributed by atoms with Crippen molar-refractivity contribution >= 4 is 28.4 Å². The molecule has 0 saturated carbocycles. The van der Waals surface area contributed by atoms with Gasteiger partial charge < -0.3 is 15.2 Å². The average Bonchev–Trinajstić information content (AvgIpc) is 3.42. The smallest absolute Gasteiger partial charge is 0.255 e. The Labute approximate surface area is 222 Å². The molecule has 1 fully saturated rings. The minimum Gasteiger partial charge on any atom is -0.361 e. The lowest BCUT2D eigenvalue weighted by Crippen LogP contribution is -2.38. The summed E-state index contributed by atoms with van der Waals surface area (Å²) >= 11 is 0. The van der Waals surface area contributed by atoms with Gasteiger partial charge in [0.15, 0.2) is 0 Å². The van der Waals surface area contributed by atoms with Crippen LogP contribution in [0.4, 0.5) is 5.69 Å². The predicted octanol–water partition coefficient (Wildman–Crippen LogP) is 7.11. The highest BCUT2D eigenvalue weighted by atomic mass is 16.2. The SMILES string of the molecule is O=C(Nc1ccccc1C(=O)N1CCC(c2c[nH]c3ccccc23)CC1)c1ccc(-c2ccccc2)cc1. The summed E-state index contributed by atoms with van der Waals surface area (Å²) in [6.07, 6.45) is 3.94. The molecule has 5 nitrogen and oxygen atoms in total. The number of para-hydroxylation sites is 2. The van der Waals surface area contributed by atoms with Crippen LogP contribution in [0.5, 0.6) is 0 Å². The molecular formula is C33H29N3O2. The molecule has 1 saturated heterocycles. The lowest BCUT2D eigenvalue weighted by molar-refractivity contribution is 0.0714. The van der Waals surface area contributed by atoms with Crippen LogP contribution in [-0.2, 0) is 0 Å². The van der Waals surface area contributed by atoms with E-state index in [2.05, 4.69) is 34.7 Å². The van der Waals surface area contributed by atoms with E-state index in [-0.39, 0.29) is 11.8 Å². The van der Waals surface area contributed by atoms with Crippen LogP contribution < -0.4 is 5.32 Å². The van der Waals surface area contributed by atoms with Crippen molar-refractivity contribution < 1.29 is 9.59 Å². The van der Waals surface area contributed by atoms with E-state index < -0.39 is 0 Å². The molecular weight excluding hydrogens is 470 g/mol. The summed E-state index contributed by atoms with van der Waals surface area (Å²) in [4.78, 5) is 31.9. The maximum Gasteiger partial charge on any atom is 0.255 e. The molecule has 2 heterocycles. The number of aromatic amines is 1. The molecule has 0 bridgehead atoms. The van der Waals surface area contributed by atoms with E-state index >= 15 is 0 Å². The van der Waals surface area contributed by atoms with Crippen LogP contribution in [0.2, 0.25) is 0 Å². The number of anilines is 1. The Morgan fingerprint density at radius 1 is 0.737 bits per heavy atom. The number of carbonyl (C=O) groups excluding carboxylic acids is 2. The molecule has 6 rings (SSSR count). The van der Waals surface area contributed by atoms with Crippen molar-refractivity contribution in [3.05, 3.63) is 126 Å². The van der Waals surface area contributed by atoms with Gasteiger partial charge in [0.2, 0.25) is 0 Å². The van der Waals surface area contributed by atoms with Crippen LogP contribution in [0, 0.1) is 0 Å². The van der Waals surface area contributed by atoms with E-state index in [0.29, 0.717) is 35.8 Å². The van der Waals surface area contributed by atoms with Crippen molar-refractivity contribution in [1.82, 2.24) is 9.88 Å². The Morgan fingerprint density at radius 3 is 2.18 bits per heavy atom. The number of hydrogen-bond donors (Lipinski definition) is 2. The van der Waals surface area contributed by atoms with E-state index in [1.807, 2.05) is 77.7 Å². The van der Waals surface area contributed by atoms with Gasteiger partial charge in [0.05, 0.1) is 11.3 Å². The number of hydrogen-bond acceptors (Lipinski definition) is 2. The van der Waals surface area contributed by atoms with Crippen LogP contribution in [0.1, 0.15) is 45.0 Å². The van der Waals surface area contributed by atoms with Gasteiger partial charge in [-0.25, -0.2) is 0 Å². The number of piperidine rings is 1. The van der Waals surface area contributed by atoms with E-state index in [1.165, 1.54) is 10.9 Å². The summed E-state index contributed by atoms with van der Waals surface area (Å²) < 4.78 is 0. The Morgan fingerprint density at radius 2 is 1.39 bits per heavy atom. The Bertz CT molecular complexity index is 1580. The number of nitrogens with zero attached hydrogens (tertiary/aromatic N) is 1. The van der Waals surface area contributed by atoms with E-state index in [4.69, 9.17) is 0 Å². The topological polar surface area (TPSA) is 65.2 Å². The van der Waals surface area contributed by atoms with E-state index in [0.717, 1.165) is 29.5 Å². The normalized spacial score (nSPS) is 13.9. The quantitative estimate of drug-likeness (QED) is 0.271. The van der Waals surface area contributed by atoms with Gasteiger partial charge in [-0.15, -0.1) is 0 Å². The lowest BCUT2D eigenvalue weighted by Gasteiger charge is -2.32. The monoisotopic (exact) mass is 499 g/mol. The third-order valence-corrected chi connectivity index (χ3v) is 7.50. The van der Waals surface area contributed by atoms with Crippen molar-refractivity contribution in [2.75, 3.05) is 18.4 Å². The zero-order chi connectivity index (χ0) is 25.9. The van der Waals surface area contributed by atoms with Crippen molar-refractivity contribution in [2.24, 2.45) is 0 Å². The second-order valence-corrected chi connectivity index (χ2v) is 9.80. The summed E-state index contributed by atoms with van der Waals surface area (Å²) in [5.74, 6) is 0.143. The van der Waals surface area contributed by atoms with Gasteiger partial charge in [-0.05, 0) is 65.8 Å². The number of fused-ring (bicyclic) bond motifs is 1. The number of rotatable bonds is 5. The summed E-state index contributed by atoms with van der Waals surface area (Å²) in [5, 5.41) is 4.23. The number of carbonyl (C=O) groups is 2. The van der Waals surface area contributed by atoms with Crippen LogP contribution >= 0.6 is 0 Å². The standard InChI is InChI=1S/C33H29N3O2/c37-32(26-16-14-24(15-17-26)23-8-2-1-3-9-23)35-31-13-7-5-11-28(31)33(38)36-20-18-25(19-21-36)29-22-34-30-12-6-4-10-27(29)30/h1-17,22,25,34H,18-21H2,(H,35,37). The van der Waals surface area contributed by atoms with Crippen LogP contribution in [0.15, 0.2) is 109 Å². The van der Waals surface area contributed by atoms with Crippen LogP contribution in [0.25, 0.3) is 22.0 Å². The van der Waals surface area contributed by atoms with Crippen molar-refractivity contribution in [3.63, 3.8) is 0 Å². The first kappa shape index (κ1) is 23.7. The Kier molecular flexibility index (Phi) is 6.49. The van der Waals surface area contributed by atoms with Gasteiger partial charge >= 0.3 is 0 Å². The van der Waals surface area contributed by atoms with Gasteiger partial charge in [0, 0.05) is 35.8 Å². The van der Waals surface area contributed by atoms with Gasteiger partial charge in [0.25, 0.3) is 11.8 Å². The van der Waals surface area contributed by atoms with Gasteiger partial charge in [-0.1, -0.05) is 72.8 Å². The molecule has 38 heavy (non-hydrogen) atoms. The number of H-pyrrole nitrogens is 1. The molecule has 188 valence electrons. The molecule has 1 aliphatic rings. The van der Waals surface area contributed by atoms with Gasteiger partial charge in [0.1, 0.15) is 0 Å². The molecule has 2 amide bonds. The molecule has 0 unspecified atom stereocenters. The number of nitrogens with one attached hydrogen (secondary N) is 2. The molecule has 0 radical (unpaired) electrons. The lowest BCUT2D eigenvalue weighted by atomic mass is 9.89. The van der Waals surface area contributed by atoms with E-state index in [9.17, 15) is 9.59 Å². The van der Waals surface area contributed by atoms with Gasteiger partial charge in [-0.2, -0.15) is 0 Å². The number of benzene rings is 4. The fraction of sp³-hybridized carbons (Fsp3) is 0.152. The third-order valence-electron chi connectivity index (χ3n) is 7.50. The van der Waals surface area contributed by atoms with Crippen LogP contribution in [-0.4, -0.2) is 34.8 Å². The molecule has 5 heteroatoms. The fourth-order valence-electron chi connectivity index (χ4n) is 5.41. The average molecular weight is 500 g/mol. The number of likely N-dealkylation sites (tertiary alicyclic amines) is 1. The minimum atomic E-state index is -0.233. The third kappa shape index (κ3) is 4.71.